The van der Waals surface area contributed by atoms with Gasteiger partial charge in [-0.15, -0.1) is 22.7 Å². The predicted molar refractivity (Wildman–Crippen MR) is 242 cm³/mol. The van der Waals surface area contributed by atoms with Crippen LogP contribution in [0.15, 0.2) is 103 Å². The van der Waals surface area contributed by atoms with Gasteiger partial charge in [-0.05, 0) is 138 Å². The van der Waals surface area contributed by atoms with Gasteiger partial charge < -0.3 is 19.5 Å². The summed E-state index contributed by atoms with van der Waals surface area (Å²) in [6.07, 6.45) is 21.6. The summed E-state index contributed by atoms with van der Waals surface area (Å²) in [5, 5.41) is 20.6. The molecule has 6 aromatic rings. The molecule has 0 spiro atoms. The number of nitriles is 1. The first-order chi connectivity index (χ1) is 28.5. The van der Waals surface area contributed by atoms with Crippen LogP contribution in [0.1, 0.15) is 92.4 Å². The van der Waals surface area contributed by atoms with E-state index in [1.807, 2.05) is 6.07 Å². The average molecular weight is 807 g/mol. The molecule has 2 heterocycles. The molecule has 0 bridgehead atoms. The van der Waals surface area contributed by atoms with Gasteiger partial charge in [0.2, 0.25) is 0 Å². The first kappa shape index (κ1) is 39.5. The monoisotopic (exact) mass is 806 g/mol. The highest BCUT2D eigenvalue weighted by atomic mass is 32.1. The van der Waals surface area contributed by atoms with E-state index in [1.54, 1.807) is 17.4 Å². The van der Waals surface area contributed by atoms with E-state index in [2.05, 4.69) is 108 Å². The summed E-state index contributed by atoms with van der Waals surface area (Å²) < 4.78 is 14.7. The molecule has 6 nitrogen and oxygen atoms in total. The zero-order valence-corrected chi connectivity index (χ0v) is 34.5. The van der Waals surface area contributed by atoms with E-state index in [0.29, 0.717) is 0 Å². The molecule has 58 heavy (non-hydrogen) atoms. The Labute approximate surface area is 349 Å². The van der Waals surface area contributed by atoms with Crippen molar-refractivity contribution in [1.29, 1.82) is 5.26 Å². The number of fused-ring (bicyclic) bond motifs is 2. The highest BCUT2D eigenvalue weighted by molar-refractivity contribution is 7.21. The van der Waals surface area contributed by atoms with Crippen LogP contribution in [0.4, 0.5) is 17.1 Å². The second-order valence-electron chi connectivity index (χ2n) is 15.7. The molecule has 296 valence electrons. The fraction of sp³-hybridized carbons (Fsp3) is 0.320. The number of carboxylic acid groups (broad SMARTS) is 1. The summed E-state index contributed by atoms with van der Waals surface area (Å²) in [5.41, 5.74) is 4.04. The van der Waals surface area contributed by atoms with Gasteiger partial charge in [0.25, 0.3) is 0 Å². The lowest BCUT2D eigenvalue weighted by atomic mass is 9.87. The van der Waals surface area contributed by atoms with E-state index in [9.17, 15) is 9.90 Å². The molecule has 4 aromatic carbocycles. The number of benzene rings is 4. The zero-order chi connectivity index (χ0) is 39.7. The second-order valence-corrected chi connectivity index (χ2v) is 18.0. The Morgan fingerprint density at radius 2 is 1.12 bits per heavy atom. The molecule has 8 heteroatoms. The molecule has 0 unspecified atom stereocenters. The Kier molecular flexibility index (Phi) is 12.9. The summed E-state index contributed by atoms with van der Waals surface area (Å²) >= 11 is 3.21. The molecule has 0 aliphatic heterocycles. The second kappa shape index (κ2) is 18.9. The van der Waals surface area contributed by atoms with Crippen molar-refractivity contribution in [2.75, 3.05) is 18.1 Å². The van der Waals surface area contributed by atoms with E-state index in [-0.39, 0.29) is 5.57 Å². The summed E-state index contributed by atoms with van der Waals surface area (Å²) in [5.74, 6) is 2.21. The van der Waals surface area contributed by atoms with Crippen molar-refractivity contribution in [2.45, 2.75) is 77.0 Å². The average Bonchev–Trinajstić information content (AvgIpc) is 3.85. The topological polar surface area (TPSA) is 82.8 Å². The number of hydrogen-bond donors (Lipinski definition) is 1. The fourth-order valence-corrected chi connectivity index (χ4v) is 10.5. The maximum Gasteiger partial charge on any atom is 0.346 e. The van der Waals surface area contributed by atoms with Crippen LogP contribution in [0.25, 0.3) is 38.4 Å². The highest BCUT2D eigenvalue weighted by Gasteiger charge is 2.17. The van der Waals surface area contributed by atoms with Crippen molar-refractivity contribution in [1.82, 2.24) is 0 Å². The van der Waals surface area contributed by atoms with Crippen molar-refractivity contribution in [3.05, 3.63) is 118 Å². The van der Waals surface area contributed by atoms with Crippen LogP contribution in [-0.4, -0.2) is 24.3 Å². The lowest BCUT2D eigenvalue weighted by molar-refractivity contribution is -0.132. The number of rotatable bonds is 15. The summed E-state index contributed by atoms with van der Waals surface area (Å²) in [4.78, 5) is 15.5. The Balaban J connectivity index is 0.972. The maximum atomic E-state index is 11.3. The van der Waals surface area contributed by atoms with E-state index in [1.165, 1.54) is 81.6 Å². The molecular formula is C50H50N2O4S2. The number of ether oxygens (including phenoxy) is 2. The van der Waals surface area contributed by atoms with Crippen molar-refractivity contribution >= 4 is 84.1 Å². The lowest BCUT2D eigenvalue weighted by Crippen LogP contribution is -2.12. The van der Waals surface area contributed by atoms with Crippen molar-refractivity contribution in [3.8, 4) is 17.6 Å². The van der Waals surface area contributed by atoms with Crippen LogP contribution in [0.3, 0.4) is 0 Å². The van der Waals surface area contributed by atoms with Crippen molar-refractivity contribution in [3.63, 3.8) is 0 Å². The van der Waals surface area contributed by atoms with E-state index in [0.717, 1.165) is 102 Å². The molecular weight excluding hydrogens is 757 g/mol. The van der Waals surface area contributed by atoms with E-state index < -0.39 is 5.97 Å². The largest absolute Gasteiger partial charge is 0.494 e. The third-order valence-electron chi connectivity index (χ3n) is 11.7. The van der Waals surface area contributed by atoms with Crippen LogP contribution in [0, 0.1) is 23.2 Å². The quantitative estimate of drug-likeness (QED) is 0.0822. The van der Waals surface area contributed by atoms with Gasteiger partial charge in [-0.25, -0.2) is 4.79 Å². The first-order valence-corrected chi connectivity index (χ1v) is 22.5. The summed E-state index contributed by atoms with van der Waals surface area (Å²) in [6.45, 7) is 1.54. The molecule has 0 amide bonds. The zero-order valence-electron chi connectivity index (χ0n) is 32.9. The Morgan fingerprint density at radius 1 is 0.655 bits per heavy atom. The molecule has 2 aliphatic carbocycles. The Bertz CT molecular complexity index is 2290. The van der Waals surface area contributed by atoms with Crippen LogP contribution >= 0.6 is 22.7 Å². The number of hydrogen-bond acceptors (Lipinski definition) is 7. The number of thiophene rings is 2. The van der Waals surface area contributed by atoms with Gasteiger partial charge >= 0.3 is 5.97 Å². The number of aliphatic carboxylic acids is 1. The van der Waals surface area contributed by atoms with Crippen LogP contribution < -0.4 is 14.4 Å². The molecule has 8 rings (SSSR count). The Hall–Kier alpha value is -5.36. The standard InChI is InChI=1S/C50H50N2O4S2/c51-34-40(50(53)54)31-47-30-39-33-48-38(32-49(39)58-47)29-46(57-48)24-13-37-11-14-41(15-12-37)52(42-16-20-44(21-17-42)55-27-25-35-7-3-1-4-8-35)43-18-22-45(23-19-43)56-28-26-36-9-5-2-6-10-36/h11-24,29-33,35-36H,1-10,25-28H2,(H,53,54)/b24-13+,40-31-. The van der Waals surface area contributed by atoms with Crippen LogP contribution in [-0.2, 0) is 4.79 Å². The molecule has 1 N–H and O–H groups in total. The first-order valence-electron chi connectivity index (χ1n) is 20.8. The molecule has 0 atom stereocenters. The summed E-state index contributed by atoms with van der Waals surface area (Å²) in [7, 11) is 0. The maximum absolute atomic E-state index is 11.3. The highest BCUT2D eigenvalue weighted by Crippen LogP contribution is 2.38. The van der Waals surface area contributed by atoms with Gasteiger partial charge in [-0.1, -0.05) is 82.4 Å². The predicted octanol–water partition coefficient (Wildman–Crippen LogP) is 14.4. The number of carboxylic acids is 1. The van der Waals surface area contributed by atoms with Crippen LogP contribution in [0.5, 0.6) is 11.5 Å². The molecule has 2 aliphatic rings. The fourth-order valence-electron chi connectivity index (χ4n) is 8.43. The van der Waals surface area contributed by atoms with Gasteiger partial charge in [-0.2, -0.15) is 5.26 Å². The minimum atomic E-state index is -1.21. The van der Waals surface area contributed by atoms with Crippen LogP contribution in [0.2, 0.25) is 0 Å². The summed E-state index contributed by atoms with van der Waals surface area (Å²) in [6, 6.07) is 35.9. The van der Waals surface area contributed by atoms with Gasteiger partial charge in [0.15, 0.2) is 0 Å². The number of anilines is 3. The normalized spacial score (nSPS) is 15.5. The van der Waals surface area contributed by atoms with Crippen molar-refractivity contribution < 1.29 is 19.4 Å². The van der Waals surface area contributed by atoms with Gasteiger partial charge in [0, 0.05) is 36.2 Å². The van der Waals surface area contributed by atoms with Gasteiger partial charge in [0.05, 0.1) is 13.2 Å². The number of nitrogens with zero attached hydrogens (tertiary/aromatic N) is 2. The smallest absolute Gasteiger partial charge is 0.346 e. The molecule has 2 fully saturated rings. The van der Waals surface area contributed by atoms with Gasteiger partial charge in [-0.3, -0.25) is 0 Å². The molecule has 2 saturated carbocycles. The molecule has 0 saturated heterocycles. The molecule has 0 radical (unpaired) electrons. The molecule has 2 aromatic heterocycles. The van der Waals surface area contributed by atoms with E-state index >= 15 is 0 Å². The Morgan fingerprint density at radius 3 is 1.60 bits per heavy atom. The van der Waals surface area contributed by atoms with Gasteiger partial charge in [0.1, 0.15) is 23.1 Å². The number of carbonyl (C=O) groups is 1. The lowest BCUT2D eigenvalue weighted by Gasteiger charge is -2.26. The van der Waals surface area contributed by atoms with E-state index in [4.69, 9.17) is 14.7 Å². The minimum absolute atomic E-state index is 0.264. The third-order valence-corrected chi connectivity index (χ3v) is 13.8. The third kappa shape index (κ3) is 10.0. The minimum Gasteiger partial charge on any atom is -0.494 e. The SMILES string of the molecule is N#C/C(=C/c1cc2cc3sc(/C=C/c4ccc(N(c5ccc(OCCC6CCCCC6)cc5)c5ccc(OCCC6CCCCC6)cc5)cc4)cc3cc2s1)C(=O)O. The van der Waals surface area contributed by atoms with Crippen molar-refractivity contribution in [2.24, 2.45) is 11.8 Å².